The summed E-state index contributed by atoms with van der Waals surface area (Å²) in [5, 5.41) is 0.885. The van der Waals surface area contributed by atoms with Crippen LogP contribution in [0.1, 0.15) is 49.7 Å². The molecule has 0 spiro atoms. The van der Waals surface area contributed by atoms with Gasteiger partial charge in [0.2, 0.25) is 0 Å². The summed E-state index contributed by atoms with van der Waals surface area (Å²) < 4.78 is 16.6. The van der Waals surface area contributed by atoms with Crippen molar-refractivity contribution in [2.75, 3.05) is 33.8 Å². The van der Waals surface area contributed by atoms with Crippen molar-refractivity contribution in [1.82, 2.24) is 9.80 Å². The summed E-state index contributed by atoms with van der Waals surface area (Å²) in [4.78, 5) is 28.9. The number of carbonyl (C=O) groups excluding carboxylic acids is 2. The molecule has 1 aromatic carbocycles. The summed E-state index contributed by atoms with van der Waals surface area (Å²) in [7, 11) is 3.36. The maximum absolute atomic E-state index is 13.2. The number of carbonyl (C=O) groups is 2. The third-order valence-electron chi connectivity index (χ3n) is 5.38. The smallest absolute Gasteiger partial charge is 0.410 e. The standard InChI is InChI=1S/C23H32N2O5/c1-15-18-12-17(28-6)9-10-19(18)29-20(15)21(26)25-11-7-8-16(14-25)13-24(5)22(27)30-23(2,3)4/h9-10,12,16H,7-8,11,13-14H2,1-6H3. The average molecular weight is 417 g/mol. The fourth-order valence-electron chi connectivity index (χ4n) is 3.87. The number of fused-ring (bicyclic) bond motifs is 1. The molecule has 2 amide bonds. The molecule has 1 aliphatic rings. The average Bonchev–Trinajstić information content (AvgIpc) is 3.02. The minimum Gasteiger partial charge on any atom is -0.497 e. The first-order valence-corrected chi connectivity index (χ1v) is 10.4. The predicted molar refractivity (Wildman–Crippen MR) is 115 cm³/mol. The second kappa shape index (κ2) is 8.58. The van der Waals surface area contributed by atoms with E-state index in [1.807, 2.05) is 50.8 Å². The van der Waals surface area contributed by atoms with Gasteiger partial charge in [-0.3, -0.25) is 4.79 Å². The fraction of sp³-hybridized carbons (Fsp3) is 0.565. The fourth-order valence-corrected chi connectivity index (χ4v) is 3.87. The Balaban J connectivity index is 1.69. The largest absolute Gasteiger partial charge is 0.497 e. The second-order valence-electron chi connectivity index (χ2n) is 9.04. The lowest BCUT2D eigenvalue weighted by atomic mass is 9.97. The molecular weight excluding hydrogens is 384 g/mol. The highest BCUT2D eigenvalue weighted by Crippen LogP contribution is 2.30. The van der Waals surface area contributed by atoms with Crippen molar-refractivity contribution < 1.29 is 23.5 Å². The van der Waals surface area contributed by atoms with Crippen molar-refractivity contribution in [3.05, 3.63) is 29.5 Å². The maximum Gasteiger partial charge on any atom is 0.410 e. The highest BCUT2D eigenvalue weighted by molar-refractivity contribution is 5.99. The Labute approximate surface area is 177 Å². The molecule has 1 saturated heterocycles. The first kappa shape index (κ1) is 22.0. The Hall–Kier alpha value is -2.70. The number of rotatable bonds is 4. The minimum atomic E-state index is -0.526. The van der Waals surface area contributed by atoms with Gasteiger partial charge in [-0.1, -0.05) is 0 Å². The quantitative estimate of drug-likeness (QED) is 0.735. The summed E-state index contributed by atoms with van der Waals surface area (Å²) >= 11 is 0. The topological polar surface area (TPSA) is 72.2 Å². The van der Waals surface area contributed by atoms with Crippen LogP contribution < -0.4 is 4.74 Å². The van der Waals surface area contributed by atoms with Gasteiger partial charge < -0.3 is 23.7 Å². The number of methoxy groups -OCH3 is 1. The van der Waals surface area contributed by atoms with Crippen LogP contribution in [0, 0.1) is 12.8 Å². The Morgan fingerprint density at radius 3 is 2.70 bits per heavy atom. The molecule has 0 radical (unpaired) electrons. The van der Waals surface area contributed by atoms with E-state index in [1.54, 1.807) is 19.1 Å². The van der Waals surface area contributed by atoms with E-state index in [2.05, 4.69) is 0 Å². The Morgan fingerprint density at radius 1 is 1.30 bits per heavy atom. The summed E-state index contributed by atoms with van der Waals surface area (Å²) in [6.07, 6.45) is 1.52. The van der Waals surface area contributed by atoms with Crippen LogP contribution in [0.2, 0.25) is 0 Å². The zero-order valence-electron chi connectivity index (χ0n) is 18.8. The first-order valence-electron chi connectivity index (χ1n) is 10.4. The number of hydrogen-bond acceptors (Lipinski definition) is 5. The molecule has 0 saturated carbocycles. The maximum atomic E-state index is 13.2. The van der Waals surface area contributed by atoms with Gasteiger partial charge >= 0.3 is 6.09 Å². The van der Waals surface area contributed by atoms with Gasteiger partial charge in [0.15, 0.2) is 5.76 Å². The van der Waals surface area contributed by atoms with Crippen LogP contribution in [0.3, 0.4) is 0 Å². The van der Waals surface area contributed by atoms with E-state index in [4.69, 9.17) is 13.9 Å². The lowest BCUT2D eigenvalue weighted by Crippen LogP contribution is -2.45. The number of benzene rings is 1. The summed E-state index contributed by atoms with van der Waals surface area (Å²) in [5.41, 5.74) is 0.971. The van der Waals surface area contributed by atoms with Crippen LogP contribution in [0.4, 0.5) is 4.79 Å². The minimum absolute atomic E-state index is 0.104. The third kappa shape index (κ3) is 4.89. The van der Waals surface area contributed by atoms with Crippen molar-refractivity contribution in [2.24, 2.45) is 5.92 Å². The summed E-state index contributed by atoms with van der Waals surface area (Å²) in [5.74, 6) is 1.20. The molecule has 1 atom stereocenters. The molecule has 164 valence electrons. The van der Waals surface area contributed by atoms with Crippen LogP contribution in [0.5, 0.6) is 5.75 Å². The summed E-state index contributed by atoms with van der Waals surface area (Å²) in [6, 6.07) is 5.54. The van der Waals surface area contributed by atoms with Crippen molar-refractivity contribution in [3.8, 4) is 5.75 Å². The molecule has 1 unspecified atom stereocenters. The van der Waals surface area contributed by atoms with E-state index in [0.717, 1.165) is 29.5 Å². The van der Waals surface area contributed by atoms with Gasteiger partial charge in [0.05, 0.1) is 7.11 Å². The van der Waals surface area contributed by atoms with E-state index in [0.29, 0.717) is 31.0 Å². The Morgan fingerprint density at radius 2 is 2.03 bits per heavy atom. The molecule has 7 heteroatoms. The lowest BCUT2D eigenvalue weighted by molar-refractivity contribution is 0.0243. The summed E-state index contributed by atoms with van der Waals surface area (Å²) in [6.45, 7) is 9.28. The molecule has 0 aliphatic carbocycles. The number of piperidine rings is 1. The van der Waals surface area contributed by atoms with Crippen molar-refractivity contribution >= 4 is 23.0 Å². The molecule has 3 rings (SSSR count). The van der Waals surface area contributed by atoms with Crippen LogP contribution in [0.15, 0.2) is 22.6 Å². The number of likely N-dealkylation sites (tertiary alicyclic amines) is 1. The van der Waals surface area contributed by atoms with E-state index in [1.165, 1.54) is 0 Å². The second-order valence-corrected chi connectivity index (χ2v) is 9.04. The highest BCUT2D eigenvalue weighted by atomic mass is 16.6. The van der Waals surface area contributed by atoms with Gasteiger partial charge in [0, 0.05) is 37.6 Å². The van der Waals surface area contributed by atoms with Gasteiger partial charge in [-0.25, -0.2) is 4.79 Å². The number of hydrogen-bond donors (Lipinski definition) is 0. The molecule has 1 aromatic heterocycles. The molecule has 2 heterocycles. The third-order valence-corrected chi connectivity index (χ3v) is 5.38. The van der Waals surface area contributed by atoms with Gasteiger partial charge in [-0.05, 0) is 64.7 Å². The zero-order valence-corrected chi connectivity index (χ0v) is 18.8. The Bertz CT molecular complexity index is 928. The lowest BCUT2D eigenvalue weighted by Gasteiger charge is -2.34. The van der Waals surface area contributed by atoms with Gasteiger partial charge in [0.25, 0.3) is 5.91 Å². The number of amides is 2. The molecule has 1 fully saturated rings. The Kier molecular flexibility index (Phi) is 6.29. The predicted octanol–water partition coefficient (Wildman–Crippen LogP) is 4.47. The van der Waals surface area contributed by atoms with Gasteiger partial charge in [0.1, 0.15) is 16.9 Å². The molecule has 0 N–H and O–H groups in total. The molecule has 1 aliphatic heterocycles. The monoisotopic (exact) mass is 416 g/mol. The van der Waals surface area contributed by atoms with Crippen molar-refractivity contribution in [2.45, 2.75) is 46.1 Å². The van der Waals surface area contributed by atoms with Crippen molar-refractivity contribution in [1.29, 1.82) is 0 Å². The van der Waals surface area contributed by atoms with E-state index >= 15 is 0 Å². The number of ether oxygens (including phenoxy) is 2. The van der Waals surface area contributed by atoms with Crippen LogP contribution in [-0.2, 0) is 4.74 Å². The molecule has 30 heavy (non-hydrogen) atoms. The van der Waals surface area contributed by atoms with Gasteiger partial charge in [-0.15, -0.1) is 0 Å². The molecule has 7 nitrogen and oxygen atoms in total. The van der Waals surface area contributed by atoms with Crippen LogP contribution in [0.25, 0.3) is 11.0 Å². The zero-order chi connectivity index (χ0) is 22.1. The SMILES string of the molecule is COc1ccc2oc(C(=O)N3CCCC(CN(C)C(=O)OC(C)(C)C)C3)c(C)c2c1. The normalized spacial score (nSPS) is 17.1. The number of furan rings is 1. The first-order chi connectivity index (χ1) is 14.1. The van der Waals surface area contributed by atoms with E-state index in [9.17, 15) is 9.59 Å². The van der Waals surface area contributed by atoms with Crippen LogP contribution in [-0.4, -0.2) is 61.2 Å². The van der Waals surface area contributed by atoms with E-state index < -0.39 is 5.60 Å². The number of nitrogens with zero attached hydrogens (tertiary/aromatic N) is 2. The number of aryl methyl sites for hydroxylation is 1. The molecular formula is C23H32N2O5. The van der Waals surface area contributed by atoms with Gasteiger partial charge in [-0.2, -0.15) is 0 Å². The molecule has 2 aromatic rings. The van der Waals surface area contributed by atoms with E-state index in [-0.39, 0.29) is 17.9 Å². The highest BCUT2D eigenvalue weighted by Gasteiger charge is 2.30. The molecule has 0 bridgehead atoms. The van der Waals surface area contributed by atoms with Crippen molar-refractivity contribution in [3.63, 3.8) is 0 Å². The van der Waals surface area contributed by atoms with Crippen LogP contribution >= 0.6 is 0 Å².